The van der Waals surface area contributed by atoms with Crippen molar-refractivity contribution in [3.63, 3.8) is 0 Å². The lowest BCUT2D eigenvalue weighted by molar-refractivity contribution is 0.430. The average Bonchev–Trinajstić information content (AvgIpc) is 2.01. The highest BCUT2D eigenvalue weighted by Gasteiger charge is 2.29. The van der Waals surface area contributed by atoms with Crippen LogP contribution in [0, 0.1) is 0 Å². The van der Waals surface area contributed by atoms with Crippen LogP contribution in [0.2, 0.25) is 0 Å². The predicted octanol–water partition coefficient (Wildman–Crippen LogP) is 3.01. The lowest BCUT2D eigenvalue weighted by Gasteiger charge is -2.37. The van der Waals surface area contributed by atoms with E-state index in [0.29, 0.717) is 4.87 Å². The molecule has 72 valence electrons. The quantitative estimate of drug-likeness (QED) is 0.729. The molecule has 0 aromatic heterocycles. The van der Waals surface area contributed by atoms with Gasteiger partial charge in [-0.2, -0.15) is 0 Å². The van der Waals surface area contributed by atoms with Crippen molar-refractivity contribution in [3.8, 4) is 0 Å². The predicted molar refractivity (Wildman–Crippen MR) is 57.6 cm³/mol. The van der Waals surface area contributed by atoms with Crippen molar-refractivity contribution >= 4 is 11.8 Å². The number of thioether (sulfide) groups is 1. The minimum Gasteiger partial charge on any atom is -0.303 e. The molecule has 0 saturated carbocycles. The van der Waals surface area contributed by atoms with E-state index in [-0.39, 0.29) is 0 Å². The maximum absolute atomic E-state index is 3.62. The molecule has 12 heavy (non-hydrogen) atoms. The molecule has 1 aliphatic heterocycles. The van der Waals surface area contributed by atoms with E-state index in [9.17, 15) is 0 Å². The molecule has 2 heteroatoms. The first-order chi connectivity index (χ1) is 5.66. The van der Waals surface area contributed by atoms with E-state index in [4.69, 9.17) is 0 Å². The second-order valence-electron chi connectivity index (χ2n) is 3.98. The zero-order valence-corrected chi connectivity index (χ0v) is 9.34. The molecular weight excluding hydrogens is 166 g/mol. The Balaban J connectivity index is 2.35. The summed E-state index contributed by atoms with van der Waals surface area (Å²) in [6, 6.07) is 0. The van der Waals surface area contributed by atoms with Crippen LogP contribution in [0.1, 0.15) is 46.5 Å². The van der Waals surface area contributed by atoms with Crippen molar-refractivity contribution in [1.29, 1.82) is 0 Å². The van der Waals surface area contributed by atoms with E-state index in [1.165, 1.54) is 32.2 Å². The Morgan fingerprint density at radius 2 is 2.33 bits per heavy atom. The highest BCUT2D eigenvalue weighted by atomic mass is 32.2. The molecule has 0 spiro atoms. The lowest BCUT2D eigenvalue weighted by Crippen LogP contribution is -2.45. The third-order valence-electron chi connectivity index (χ3n) is 2.52. The van der Waals surface area contributed by atoms with Crippen LogP contribution in [0.4, 0.5) is 0 Å². The van der Waals surface area contributed by atoms with Crippen LogP contribution in [0.25, 0.3) is 0 Å². The van der Waals surface area contributed by atoms with Crippen molar-refractivity contribution in [2.75, 3.05) is 6.54 Å². The smallest absolute Gasteiger partial charge is 0.0619 e. The van der Waals surface area contributed by atoms with Crippen molar-refractivity contribution < 1.29 is 0 Å². The summed E-state index contributed by atoms with van der Waals surface area (Å²) in [4.78, 5) is 0.369. The lowest BCUT2D eigenvalue weighted by atomic mass is 10.1. The van der Waals surface area contributed by atoms with Gasteiger partial charge in [0, 0.05) is 5.25 Å². The first-order valence-electron chi connectivity index (χ1n) is 5.09. The van der Waals surface area contributed by atoms with Gasteiger partial charge >= 0.3 is 0 Å². The van der Waals surface area contributed by atoms with E-state index in [0.717, 1.165) is 5.25 Å². The van der Waals surface area contributed by atoms with Gasteiger partial charge in [-0.05, 0) is 26.3 Å². The third kappa shape index (κ3) is 2.98. The Kier molecular flexibility index (Phi) is 3.91. The van der Waals surface area contributed by atoms with Gasteiger partial charge in [-0.3, -0.25) is 0 Å². The number of rotatable bonds is 3. The highest BCUT2D eigenvalue weighted by Crippen LogP contribution is 2.35. The molecule has 2 unspecified atom stereocenters. The molecule has 0 bridgehead atoms. The van der Waals surface area contributed by atoms with Gasteiger partial charge in [-0.25, -0.2) is 0 Å². The molecule has 1 rings (SSSR count). The van der Waals surface area contributed by atoms with Gasteiger partial charge in [0.2, 0.25) is 0 Å². The molecule has 0 amide bonds. The maximum atomic E-state index is 3.62. The van der Waals surface area contributed by atoms with Crippen molar-refractivity contribution in [2.45, 2.75) is 56.6 Å². The summed E-state index contributed by atoms with van der Waals surface area (Å²) >= 11 is 2.12. The van der Waals surface area contributed by atoms with Crippen LogP contribution in [0.15, 0.2) is 0 Å². The summed E-state index contributed by atoms with van der Waals surface area (Å²) in [6.07, 6.45) is 5.31. The minimum absolute atomic E-state index is 0.369. The van der Waals surface area contributed by atoms with Gasteiger partial charge in [-0.15, -0.1) is 11.8 Å². The van der Waals surface area contributed by atoms with Crippen molar-refractivity contribution in [1.82, 2.24) is 5.32 Å². The summed E-state index contributed by atoms with van der Waals surface area (Å²) in [6.45, 7) is 8.16. The van der Waals surface area contributed by atoms with Gasteiger partial charge < -0.3 is 5.32 Å². The Hall–Kier alpha value is 0.310. The highest BCUT2D eigenvalue weighted by molar-refractivity contribution is 8.01. The number of hydrogen-bond donors (Lipinski definition) is 1. The van der Waals surface area contributed by atoms with E-state index in [1.807, 2.05) is 0 Å². The van der Waals surface area contributed by atoms with Gasteiger partial charge in [0.25, 0.3) is 0 Å². The molecule has 1 nitrogen and oxygen atoms in total. The van der Waals surface area contributed by atoms with Crippen molar-refractivity contribution in [2.24, 2.45) is 0 Å². The molecule has 0 aliphatic carbocycles. The fourth-order valence-corrected chi connectivity index (χ4v) is 3.32. The summed E-state index contributed by atoms with van der Waals surface area (Å²) in [7, 11) is 0. The summed E-state index contributed by atoms with van der Waals surface area (Å²) < 4.78 is 0. The molecule has 1 saturated heterocycles. The standard InChI is InChI=1S/C10H21NS/c1-4-5-7-10(3)11-8-6-9(2)12-10/h9,11H,4-8H2,1-3H3. The molecule has 0 radical (unpaired) electrons. The van der Waals surface area contributed by atoms with Crippen LogP contribution in [0.5, 0.6) is 0 Å². The summed E-state index contributed by atoms with van der Waals surface area (Å²) in [5, 5.41) is 4.46. The fourth-order valence-electron chi connectivity index (χ4n) is 1.75. The van der Waals surface area contributed by atoms with Gasteiger partial charge in [0.15, 0.2) is 0 Å². The molecule has 0 aromatic carbocycles. The molecule has 2 atom stereocenters. The Labute approximate surface area is 80.7 Å². The molecule has 0 aromatic rings. The largest absolute Gasteiger partial charge is 0.303 e. The monoisotopic (exact) mass is 187 g/mol. The molecule has 1 aliphatic rings. The van der Waals surface area contributed by atoms with E-state index < -0.39 is 0 Å². The van der Waals surface area contributed by atoms with Crippen LogP contribution >= 0.6 is 11.8 Å². The van der Waals surface area contributed by atoms with Crippen LogP contribution in [0.3, 0.4) is 0 Å². The van der Waals surface area contributed by atoms with E-state index >= 15 is 0 Å². The van der Waals surface area contributed by atoms with Gasteiger partial charge in [0.1, 0.15) is 0 Å². The van der Waals surface area contributed by atoms with Crippen LogP contribution < -0.4 is 5.32 Å². The molecule has 1 N–H and O–H groups in total. The summed E-state index contributed by atoms with van der Waals surface area (Å²) in [5.41, 5.74) is 0. The van der Waals surface area contributed by atoms with Gasteiger partial charge in [0.05, 0.1) is 4.87 Å². The Morgan fingerprint density at radius 1 is 1.58 bits per heavy atom. The van der Waals surface area contributed by atoms with Crippen molar-refractivity contribution in [3.05, 3.63) is 0 Å². The zero-order chi connectivity index (χ0) is 9.03. The third-order valence-corrected chi connectivity index (χ3v) is 4.03. The first-order valence-corrected chi connectivity index (χ1v) is 5.97. The number of hydrogen-bond acceptors (Lipinski definition) is 2. The second kappa shape index (κ2) is 4.52. The fraction of sp³-hybridized carbons (Fsp3) is 1.00. The molecule has 1 fully saturated rings. The SMILES string of the molecule is CCCCC1(C)NCCC(C)S1. The molecule has 1 heterocycles. The van der Waals surface area contributed by atoms with Gasteiger partial charge in [-0.1, -0.05) is 26.7 Å². The van der Waals surface area contributed by atoms with Crippen LogP contribution in [-0.2, 0) is 0 Å². The zero-order valence-electron chi connectivity index (χ0n) is 8.52. The maximum Gasteiger partial charge on any atom is 0.0619 e. The number of nitrogens with one attached hydrogen (secondary N) is 1. The molecular formula is C10H21NS. The average molecular weight is 187 g/mol. The number of unbranched alkanes of at least 4 members (excludes halogenated alkanes) is 1. The Morgan fingerprint density at radius 3 is 2.92 bits per heavy atom. The Bertz CT molecular complexity index is 138. The normalized spacial score (nSPS) is 36.8. The van der Waals surface area contributed by atoms with E-state index in [2.05, 4.69) is 37.8 Å². The summed E-state index contributed by atoms with van der Waals surface area (Å²) in [5.74, 6) is 0. The topological polar surface area (TPSA) is 12.0 Å². The van der Waals surface area contributed by atoms with Crippen LogP contribution in [-0.4, -0.2) is 16.7 Å². The second-order valence-corrected chi connectivity index (χ2v) is 5.92. The first kappa shape index (κ1) is 10.4. The minimum atomic E-state index is 0.369. The van der Waals surface area contributed by atoms with E-state index in [1.54, 1.807) is 0 Å².